The van der Waals surface area contributed by atoms with Crippen molar-refractivity contribution in [3.05, 3.63) is 48.6 Å². The molecule has 0 aliphatic heterocycles. The Kier molecular flexibility index (Phi) is 4.56. The second kappa shape index (κ2) is 6.17. The Bertz CT molecular complexity index is 366. The summed E-state index contributed by atoms with van der Waals surface area (Å²) >= 11 is 0. The van der Waals surface area contributed by atoms with Crippen LogP contribution in [0, 0.1) is 0 Å². The minimum atomic E-state index is 0.0494. The molecule has 0 aromatic heterocycles. The molecule has 1 saturated carbocycles. The summed E-state index contributed by atoms with van der Waals surface area (Å²) in [4.78, 5) is 0. The lowest BCUT2D eigenvalue weighted by molar-refractivity contribution is 0.189. The van der Waals surface area contributed by atoms with E-state index in [1.807, 2.05) is 6.08 Å². The van der Waals surface area contributed by atoms with Crippen molar-refractivity contribution in [2.45, 2.75) is 50.0 Å². The molecule has 0 radical (unpaired) electrons. The van der Waals surface area contributed by atoms with Crippen LogP contribution in [0.5, 0.6) is 0 Å². The van der Waals surface area contributed by atoms with Gasteiger partial charge in [0.1, 0.15) is 0 Å². The van der Waals surface area contributed by atoms with Gasteiger partial charge in [0.2, 0.25) is 0 Å². The fourth-order valence-electron chi connectivity index (χ4n) is 3.31. The van der Waals surface area contributed by atoms with Crippen molar-refractivity contribution in [1.29, 1.82) is 0 Å². The maximum absolute atomic E-state index is 5.92. The predicted molar refractivity (Wildman–Crippen MR) is 77.1 cm³/mol. The van der Waals surface area contributed by atoms with Crippen molar-refractivity contribution in [2.24, 2.45) is 5.84 Å². The molecule has 1 aliphatic carbocycles. The van der Waals surface area contributed by atoms with Gasteiger partial charge in [0, 0.05) is 11.5 Å². The molecule has 1 unspecified atom stereocenters. The molecular formula is C16H24N2. The smallest absolute Gasteiger partial charge is 0.0392 e. The first-order chi connectivity index (χ1) is 8.82. The van der Waals surface area contributed by atoms with Gasteiger partial charge in [-0.2, -0.15) is 0 Å². The summed E-state index contributed by atoms with van der Waals surface area (Å²) in [6.07, 6.45) is 9.20. The van der Waals surface area contributed by atoms with Crippen LogP contribution in [-0.2, 0) is 0 Å². The van der Waals surface area contributed by atoms with Crippen molar-refractivity contribution < 1.29 is 0 Å². The normalized spacial score (nSPS) is 20.3. The van der Waals surface area contributed by atoms with Crippen molar-refractivity contribution in [1.82, 2.24) is 5.43 Å². The molecule has 2 rings (SSSR count). The van der Waals surface area contributed by atoms with Crippen LogP contribution in [-0.4, -0.2) is 5.54 Å². The highest BCUT2D eigenvalue weighted by Gasteiger charge is 2.38. The average Bonchev–Trinajstić information content (AvgIpc) is 2.46. The van der Waals surface area contributed by atoms with Gasteiger partial charge in [0.15, 0.2) is 0 Å². The quantitative estimate of drug-likeness (QED) is 0.472. The number of hydrogen-bond donors (Lipinski definition) is 2. The zero-order valence-corrected chi connectivity index (χ0v) is 11.1. The molecule has 1 aliphatic rings. The van der Waals surface area contributed by atoms with Gasteiger partial charge < -0.3 is 0 Å². The molecule has 1 aromatic carbocycles. The monoisotopic (exact) mass is 244 g/mol. The van der Waals surface area contributed by atoms with E-state index in [9.17, 15) is 0 Å². The Labute approximate surface area is 110 Å². The summed E-state index contributed by atoms with van der Waals surface area (Å²) in [6, 6.07) is 10.7. The molecular weight excluding hydrogens is 220 g/mol. The van der Waals surface area contributed by atoms with Gasteiger partial charge in [0.25, 0.3) is 0 Å². The minimum absolute atomic E-state index is 0.0494. The fraction of sp³-hybridized carbons (Fsp3) is 0.500. The van der Waals surface area contributed by atoms with Crippen LogP contribution in [0.25, 0.3) is 0 Å². The van der Waals surface area contributed by atoms with Crippen LogP contribution >= 0.6 is 0 Å². The van der Waals surface area contributed by atoms with Crippen LogP contribution in [0.2, 0.25) is 0 Å². The highest BCUT2D eigenvalue weighted by molar-refractivity contribution is 5.25. The van der Waals surface area contributed by atoms with E-state index in [1.54, 1.807) is 0 Å². The maximum Gasteiger partial charge on any atom is 0.0392 e. The lowest BCUT2D eigenvalue weighted by Crippen LogP contribution is -2.54. The first-order valence-corrected chi connectivity index (χ1v) is 6.96. The molecule has 3 N–H and O–H groups in total. The van der Waals surface area contributed by atoms with Crippen LogP contribution in [0.15, 0.2) is 43.0 Å². The fourth-order valence-corrected chi connectivity index (χ4v) is 3.31. The standard InChI is InChI=1S/C16H24N2/c1-2-9-15(14-10-5-3-6-11-14)16(18-17)12-7-4-8-13-16/h2-3,5-6,10-11,15,18H,1,4,7-9,12-13,17H2. The lowest BCUT2D eigenvalue weighted by atomic mass is 9.69. The van der Waals surface area contributed by atoms with Gasteiger partial charge in [-0.25, -0.2) is 0 Å². The van der Waals surface area contributed by atoms with E-state index in [-0.39, 0.29) is 5.54 Å². The Balaban J connectivity index is 2.30. The van der Waals surface area contributed by atoms with Gasteiger partial charge in [0.05, 0.1) is 0 Å². The van der Waals surface area contributed by atoms with Crippen LogP contribution in [0.1, 0.15) is 50.0 Å². The topological polar surface area (TPSA) is 38.0 Å². The second-order valence-corrected chi connectivity index (χ2v) is 5.35. The molecule has 0 heterocycles. The summed E-state index contributed by atoms with van der Waals surface area (Å²) in [5.41, 5.74) is 4.57. The molecule has 2 heteroatoms. The summed E-state index contributed by atoms with van der Waals surface area (Å²) < 4.78 is 0. The average molecular weight is 244 g/mol. The second-order valence-electron chi connectivity index (χ2n) is 5.35. The maximum atomic E-state index is 5.92. The van der Waals surface area contributed by atoms with Gasteiger partial charge in [-0.05, 0) is 24.8 Å². The molecule has 0 saturated heterocycles. The molecule has 1 aromatic rings. The predicted octanol–water partition coefficient (Wildman–Crippen LogP) is 3.51. The number of hydrogen-bond acceptors (Lipinski definition) is 2. The van der Waals surface area contributed by atoms with E-state index < -0.39 is 0 Å². The van der Waals surface area contributed by atoms with Gasteiger partial charge in [-0.15, -0.1) is 6.58 Å². The summed E-state index contributed by atoms with van der Waals surface area (Å²) in [5, 5.41) is 0. The highest BCUT2D eigenvalue weighted by Crippen LogP contribution is 2.41. The Hall–Kier alpha value is -1.12. The van der Waals surface area contributed by atoms with E-state index in [4.69, 9.17) is 5.84 Å². The number of rotatable bonds is 5. The van der Waals surface area contributed by atoms with Crippen molar-refractivity contribution >= 4 is 0 Å². The largest absolute Gasteiger partial charge is 0.271 e. The summed E-state index contributed by atoms with van der Waals surface area (Å²) in [5.74, 6) is 6.35. The van der Waals surface area contributed by atoms with Crippen molar-refractivity contribution in [3.63, 3.8) is 0 Å². The molecule has 1 atom stereocenters. The first kappa shape index (κ1) is 13.3. The molecule has 0 spiro atoms. The molecule has 2 nitrogen and oxygen atoms in total. The zero-order valence-electron chi connectivity index (χ0n) is 11.1. The molecule has 0 amide bonds. The number of hydrazine groups is 1. The lowest BCUT2D eigenvalue weighted by Gasteiger charge is -2.43. The SMILES string of the molecule is C=CCC(c1ccccc1)C1(NN)CCCCC1. The van der Waals surface area contributed by atoms with Crippen LogP contribution in [0.4, 0.5) is 0 Å². The summed E-state index contributed by atoms with van der Waals surface area (Å²) in [7, 11) is 0. The Morgan fingerprint density at radius 1 is 1.22 bits per heavy atom. The minimum Gasteiger partial charge on any atom is -0.271 e. The molecule has 98 valence electrons. The third-order valence-electron chi connectivity index (χ3n) is 4.30. The van der Waals surface area contributed by atoms with E-state index >= 15 is 0 Å². The first-order valence-electron chi connectivity index (χ1n) is 6.96. The number of nitrogens with two attached hydrogens (primary N) is 1. The Morgan fingerprint density at radius 3 is 2.44 bits per heavy atom. The van der Waals surface area contributed by atoms with Gasteiger partial charge in [-0.1, -0.05) is 55.7 Å². The summed E-state index contributed by atoms with van der Waals surface area (Å²) in [6.45, 7) is 3.92. The molecule has 18 heavy (non-hydrogen) atoms. The number of nitrogens with one attached hydrogen (secondary N) is 1. The molecule has 0 bridgehead atoms. The Morgan fingerprint density at radius 2 is 1.89 bits per heavy atom. The van der Waals surface area contributed by atoms with Gasteiger partial charge >= 0.3 is 0 Å². The van der Waals surface area contributed by atoms with Crippen LogP contribution < -0.4 is 11.3 Å². The molecule has 1 fully saturated rings. The van der Waals surface area contributed by atoms with Crippen molar-refractivity contribution in [2.75, 3.05) is 0 Å². The van der Waals surface area contributed by atoms with Crippen molar-refractivity contribution in [3.8, 4) is 0 Å². The van der Waals surface area contributed by atoms with E-state index in [2.05, 4.69) is 42.3 Å². The van der Waals surface area contributed by atoms with E-state index in [0.29, 0.717) is 5.92 Å². The zero-order chi connectivity index (χ0) is 12.8. The number of allylic oxidation sites excluding steroid dienone is 1. The third-order valence-corrected chi connectivity index (χ3v) is 4.30. The number of benzene rings is 1. The third kappa shape index (κ3) is 2.65. The van der Waals surface area contributed by atoms with E-state index in [1.165, 1.54) is 24.8 Å². The van der Waals surface area contributed by atoms with Gasteiger partial charge in [-0.3, -0.25) is 11.3 Å². The van der Waals surface area contributed by atoms with Crippen LogP contribution in [0.3, 0.4) is 0 Å². The van der Waals surface area contributed by atoms with E-state index in [0.717, 1.165) is 19.3 Å². The highest BCUT2D eigenvalue weighted by atomic mass is 15.3.